The van der Waals surface area contributed by atoms with Gasteiger partial charge in [-0.2, -0.15) is 0 Å². The van der Waals surface area contributed by atoms with Crippen LogP contribution in [0.1, 0.15) is 26.2 Å². The van der Waals surface area contributed by atoms with Crippen LogP contribution in [0.3, 0.4) is 0 Å². The molecule has 1 heterocycles. The van der Waals surface area contributed by atoms with Crippen LogP contribution in [0, 0.1) is 0 Å². The van der Waals surface area contributed by atoms with Gasteiger partial charge in [-0.25, -0.2) is 0 Å². The van der Waals surface area contributed by atoms with Crippen LogP contribution in [-0.2, 0) is 0 Å². The molecule has 76 valence electrons. The van der Waals surface area contributed by atoms with E-state index in [2.05, 4.69) is 29.9 Å². The quantitative estimate of drug-likeness (QED) is 0.486. The molecule has 0 aromatic rings. The van der Waals surface area contributed by atoms with Gasteiger partial charge in [0.15, 0.2) is 0 Å². The average molecular weight is 189 g/mol. The minimum atomic E-state index is 1.06. The summed E-state index contributed by atoms with van der Waals surface area (Å²) in [7, 11) is 0. The van der Waals surface area contributed by atoms with Crippen LogP contribution < -0.4 is 0 Å². The molecule has 0 saturated carbocycles. The summed E-state index contributed by atoms with van der Waals surface area (Å²) < 4.78 is 0. The average Bonchev–Trinajstić information content (AvgIpc) is 2.20. The molecule has 1 aliphatic heterocycles. The molecule has 1 rings (SSSR count). The van der Waals surface area contributed by atoms with Gasteiger partial charge in [-0.1, -0.05) is 24.8 Å². The molecule has 1 aliphatic rings. The maximum atomic E-state index is 3.84. The lowest BCUT2D eigenvalue weighted by Gasteiger charge is -2.28. The van der Waals surface area contributed by atoms with Gasteiger partial charge in [-0.3, -0.25) is 0 Å². The van der Waals surface area contributed by atoms with Gasteiger partial charge >= 0.3 is 0 Å². The molecule has 0 spiro atoms. The van der Waals surface area contributed by atoms with Gasteiger partial charge in [0.05, 0.1) is 5.70 Å². The predicted octanol–water partition coefficient (Wildman–Crippen LogP) is 3.27. The highest BCUT2D eigenvalue weighted by Gasteiger charge is 2.10. The smallest absolute Gasteiger partial charge is 0.0793 e. The molecule has 0 radical (unpaired) electrons. The van der Waals surface area contributed by atoms with Crippen LogP contribution in [-0.4, -0.2) is 18.0 Å². The van der Waals surface area contributed by atoms with E-state index in [9.17, 15) is 0 Å². The summed E-state index contributed by atoms with van der Waals surface area (Å²) in [6, 6.07) is 0. The van der Waals surface area contributed by atoms with E-state index in [0.717, 1.165) is 24.4 Å². The van der Waals surface area contributed by atoms with Crippen molar-refractivity contribution < 1.29 is 0 Å². The minimum absolute atomic E-state index is 1.06. The van der Waals surface area contributed by atoms with E-state index in [4.69, 9.17) is 0 Å². The summed E-state index contributed by atoms with van der Waals surface area (Å²) in [5, 5.41) is 0. The van der Waals surface area contributed by atoms with Crippen LogP contribution in [0.4, 0.5) is 0 Å². The highest BCUT2D eigenvalue weighted by atomic mass is 15.1. The Labute approximate surface area is 87.1 Å². The van der Waals surface area contributed by atoms with E-state index >= 15 is 0 Å². The van der Waals surface area contributed by atoms with Crippen molar-refractivity contribution in [1.82, 2.24) is 4.90 Å². The molecule has 0 aromatic carbocycles. The standard InChI is InChI=1S/C13H19N/c1-4-13(9-8-12(2)3)14-10-6-5-7-11-14/h8-9H,1-2,5-7,10-11H2,3H3/b9-8-. The van der Waals surface area contributed by atoms with Crippen LogP contribution in [0.15, 0.2) is 42.3 Å². The first-order valence-electron chi connectivity index (χ1n) is 5.22. The Morgan fingerprint density at radius 2 is 1.86 bits per heavy atom. The molecule has 1 saturated heterocycles. The van der Waals surface area contributed by atoms with Crippen molar-refractivity contribution in [2.75, 3.05) is 13.1 Å². The van der Waals surface area contributed by atoms with Gasteiger partial charge in [0.1, 0.15) is 0 Å². The zero-order valence-corrected chi connectivity index (χ0v) is 9.05. The summed E-state index contributed by atoms with van der Waals surface area (Å²) in [6.07, 6.45) is 7.99. The maximum absolute atomic E-state index is 3.84. The number of nitrogens with zero attached hydrogens (tertiary/aromatic N) is 1. The molecule has 0 aromatic heterocycles. The van der Waals surface area contributed by atoms with E-state index in [1.165, 1.54) is 19.3 Å². The van der Waals surface area contributed by atoms with E-state index in [-0.39, 0.29) is 0 Å². The Hall–Kier alpha value is -1.20. The number of rotatable bonds is 3. The SMILES string of the molecule is C=C=C(/C=C\C(=C)C)N1CCCCC1. The highest BCUT2D eigenvalue weighted by molar-refractivity contribution is 5.23. The molecule has 0 aliphatic carbocycles. The topological polar surface area (TPSA) is 3.24 Å². The van der Waals surface area contributed by atoms with Gasteiger partial charge in [0.25, 0.3) is 0 Å². The van der Waals surface area contributed by atoms with Gasteiger partial charge in [-0.05, 0) is 32.3 Å². The fraction of sp³-hybridized carbons (Fsp3) is 0.462. The molecule has 0 bridgehead atoms. The Morgan fingerprint density at radius 1 is 1.21 bits per heavy atom. The first-order valence-corrected chi connectivity index (χ1v) is 5.22. The number of allylic oxidation sites excluding steroid dienone is 3. The lowest BCUT2D eigenvalue weighted by Crippen LogP contribution is -2.27. The highest BCUT2D eigenvalue weighted by Crippen LogP contribution is 2.15. The van der Waals surface area contributed by atoms with Crippen LogP contribution >= 0.6 is 0 Å². The second kappa shape index (κ2) is 5.51. The number of piperidine rings is 1. The fourth-order valence-electron chi connectivity index (χ4n) is 1.63. The molecule has 14 heavy (non-hydrogen) atoms. The van der Waals surface area contributed by atoms with E-state index < -0.39 is 0 Å². The zero-order valence-electron chi connectivity index (χ0n) is 9.05. The summed E-state index contributed by atoms with van der Waals surface area (Å²) in [5.41, 5.74) is 5.16. The molecule has 1 heteroatoms. The van der Waals surface area contributed by atoms with Gasteiger partial charge < -0.3 is 4.90 Å². The van der Waals surface area contributed by atoms with Crippen LogP contribution in [0.5, 0.6) is 0 Å². The number of likely N-dealkylation sites (tertiary alicyclic amines) is 1. The van der Waals surface area contributed by atoms with Gasteiger partial charge in [0.2, 0.25) is 0 Å². The largest absolute Gasteiger partial charge is 0.365 e. The lowest BCUT2D eigenvalue weighted by atomic mass is 10.1. The molecular weight excluding hydrogens is 170 g/mol. The van der Waals surface area contributed by atoms with E-state index in [0.29, 0.717) is 0 Å². The van der Waals surface area contributed by atoms with Crippen molar-refractivity contribution >= 4 is 0 Å². The Kier molecular flexibility index (Phi) is 4.28. The summed E-state index contributed by atoms with van der Waals surface area (Å²) >= 11 is 0. The van der Waals surface area contributed by atoms with Gasteiger partial charge in [-0.15, -0.1) is 5.73 Å². The van der Waals surface area contributed by atoms with Crippen LogP contribution in [0.2, 0.25) is 0 Å². The molecule has 1 fully saturated rings. The molecular formula is C13H19N. The Balaban J connectivity index is 2.62. The molecule has 0 unspecified atom stereocenters. The molecule has 1 nitrogen and oxygen atoms in total. The Bertz CT molecular complexity index is 274. The third kappa shape index (κ3) is 3.27. The summed E-state index contributed by atoms with van der Waals surface area (Å²) in [4.78, 5) is 2.34. The first-order chi connectivity index (χ1) is 6.74. The summed E-state index contributed by atoms with van der Waals surface area (Å²) in [5.74, 6) is 0. The third-order valence-electron chi connectivity index (χ3n) is 2.40. The predicted molar refractivity (Wildman–Crippen MR) is 62.0 cm³/mol. The maximum Gasteiger partial charge on any atom is 0.0793 e. The minimum Gasteiger partial charge on any atom is -0.365 e. The normalized spacial score (nSPS) is 16.8. The molecule has 0 atom stereocenters. The fourth-order valence-corrected chi connectivity index (χ4v) is 1.63. The Morgan fingerprint density at radius 3 is 2.36 bits per heavy atom. The zero-order chi connectivity index (χ0) is 10.4. The lowest BCUT2D eigenvalue weighted by molar-refractivity contribution is 0.294. The van der Waals surface area contributed by atoms with Crippen molar-refractivity contribution in [3.63, 3.8) is 0 Å². The van der Waals surface area contributed by atoms with Crippen molar-refractivity contribution in [2.24, 2.45) is 0 Å². The first kappa shape index (κ1) is 10.9. The monoisotopic (exact) mass is 189 g/mol. The van der Waals surface area contributed by atoms with Gasteiger partial charge in [0, 0.05) is 13.1 Å². The van der Waals surface area contributed by atoms with E-state index in [1.54, 1.807) is 0 Å². The number of hydrogen-bond donors (Lipinski definition) is 0. The van der Waals surface area contributed by atoms with Crippen molar-refractivity contribution in [3.05, 3.63) is 42.3 Å². The van der Waals surface area contributed by atoms with Crippen LogP contribution in [0.25, 0.3) is 0 Å². The summed E-state index contributed by atoms with van der Waals surface area (Å²) in [6.45, 7) is 11.8. The number of hydrogen-bond acceptors (Lipinski definition) is 1. The second-order valence-electron chi connectivity index (χ2n) is 3.79. The molecule has 0 N–H and O–H groups in total. The third-order valence-corrected chi connectivity index (χ3v) is 2.40. The van der Waals surface area contributed by atoms with Crippen molar-refractivity contribution in [1.29, 1.82) is 0 Å². The molecule has 0 amide bonds. The van der Waals surface area contributed by atoms with E-state index in [1.807, 2.05) is 13.0 Å². The van der Waals surface area contributed by atoms with Crippen molar-refractivity contribution in [2.45, 2.75) is 26.2 Å². The second-order valence-corrected chi connectivity index (χ2v) is 3.79. The van der Waals surface area contributed by atoms with Crippen molar-refractivity contribution in [3.8, 4) is 0 Å².